The quantitative estimate of drug-likeness (QED) is 0.569. The lowest BCUT2D eigenvalue weighted by molar-refractivity contribution is 0.147. The molecule has 0 aromatic heterocycles. The molecule has 0 saturated heterocycles. The first-order valence-corrected chi connectivity index (χ1v) is 7.45. The summed E-state index contributed by atoms with van der Waals surface area (Å²) >= 11 is 0. The van der Waals surface area contributed by atoms with E-state index in [2.05, 4.69) is 75.8 Å². The van der Waals surface area contributed by atoms with Crippen LogP contribution in [0.5, 0.6) is 0 Å². The lowest BCUT2D eigenvalue weighted by Gasteiger charge is -2.30. The van der Waals surface area contributed by atoms with Crippen LogP contribution in [0.3, 0.4) is 0 Å². The Bertz CT molecular complexity index is 391. The predicted molar refractivity (Wildman–Crippen MR) is 82.5 cm³/mol. The van der Waals surface area contributed by atoms with Crippen LogP contribution in [0.1, 0.15) is 12.5 Å². The van der Waals surface area contributed by atoms with Crippen molar-refractivity contribution in [3.05, 3.63) is 36.4 Å². The Labute approximate surface area is 114 Å². The van der Waals surface area contributed by atoms with Crippen molar-refractivity contribution in [2.24, 2.45) is 0 Å². The highest BCUT2D eigenvalue weighted by Gasteiger charge is 2.13. The molecule has 1 rings (SSSR count). The average Bonchev–Trinajstić information content (AvgIpc) is 2.28. The van der Waals surface area contributed by atoms with E-state index in [1.165, 1.54) is 16.8 Å². The molecule has 3 heteroatoms. The van der Waals surface area contributed by atoms with Gasteiger partial charge in [-0.2, -0.15) is 0 Å². The van der Waals surface area contributed by atoms with Crippen molar-refractivity contribution >= 4 is 20.3 Å². The van der Waals surface area contributed by atoms with Gasteiger partial charge in [0.05, 0.1) is 15.7 Å². The maximum absolute atomic E-state index is 4.00. The Hall–Kier alpha value is -0.903. The fourth-order valence-electron chi connectivity index (χ4n) is 1.93. The molecule has 1 aromatic carbocycles. The van der Waals surface area contributed by atoms with Gasteiger partial charge >= 0.3 is 0 Å². The van der Waals surface area contributed by atoms with Gasteiger partial charge in [0, 0.05) is 0 Å². The Morgan fingerprint density at radius 3 is 2.33 bits per heavy atom. The molecule has 0 atom stereocenters. The molecule has 1 aromatic rings. The van der Waals surface area contributed by atoms with Crippen molar-refractivity contribution in [1.82, 2.24) is 9.80 Å². The Morgan fingerprint density at radius 2 is 1.83 bits per heavy atom. The molecular weight excluding hydrogens is 236 g/mol. The minimum absolute atomic E-state index is 0.497. The van der Waals surface area contributed by atoms with Gasteiger partial charge in [-0.15, -0.1) is 0 Å². The third-order valence-electron chi connectivity index (χ3n) is 3.04. The van der Waals surface area contributed by atoms with Crippen molar-refractivity contribution in [3.63, 3.8) is 0 Å². The molecule has 0 fully saturated rings. The van der Waals surface area contributed by atoms with Crippen LogP contribution in [0, 0.1) is 0 Å². The molecule has 0 amide bonds. The summed E-state index contributed by atoms with van der Waals surface area (Å²) in [6, 6.07) is 9.91. The maximum atomic E-state index is 4.00. The maximum Gasteiger partial charge on any atom is 0.0838 e. The first-order valence-electron chi connectivity index (χ1n) is 6.24. The van der Waals surface area contributed by atoms with Gasteiger partial charge in [-0.1, -0.05) is 41.6 Å². The lowest BCUT2D eigenvalue weighted by atomic mass is 10.1. The monoisotopic (exact) mass is 260 g/mol. The third-order valence-corrected chi connectivity index (χ3v) is 4.32. The zero-order chi connectivity index (χ0) is 13.7. The zero-order valence-corrected chi connectivity index (χ0v) is 13.2. The van der Waals surface area contributed by atoms with E-state index in [1.54, 1.807) is 0 Å². The highest BCUT2D eigenvalue weighted by atomic mass is 28.2. The third kappa shape index (κ3) is 4.41. The van der Waals surface area contributed by atoms with Crippen LogP contribution in [-0.2, 0) is 0 Å². The summed E-state index contributed by atoms with van der Waals surface area (Å²) in [5.74, 6) is 0. The molecule has 0 aliphatic carbocycles. The van der Waals surface area contributed by atoms with E-state index in [0.29, 0.717) is 6.17 Å². The number of nitrogens with zero attached hydrogens (tertiary/aromatic N) is 2. The molecule has 0 heterocycles. The fraction of sp³-hybridized carbons (Fsp3) is 0.467. The van der Waals surface area contributed by atoms with Crippen LogP contribution in [0.2, 0.25) is 6.04 Å². The van der Waals surface area contributed by atoms with Gasteiger partial charge in [-0.3, -0.25) is 9.80 Å². The van der Waals surface area contributed by atoms with Gasteiger partial charge in [0.1, 0.15) is 0 Å². The summed E-state index contributed by atoms with van der Waals surface area (Å²) in [6.45, 7) is 6.06. The van der Waals surface area contributed by atoms with Crippen molar-refractivity contribution in [3.8, 4) is 0 Å². The zero-order valence-electron chi connectivity index (χ0n) is 12.2. The molecule has 2 radical (unpaired) electrons. The summed E-state index contributed by atoms with van der Waals surface area (Å²) in [4.78, 5) is 4.55. The Balaban J connectivity index is 2.67. The molecule has 98 valence electrons. The van der Waals surface area contributed by atoms with Crippen LogP contribution in [-0.4, -0.2) is 53.7 Å². The molecule has 0 N–H and O–H groups in total. The second-order valence-electron chi connectivity index (χ2n) is 5.15. The van der Waals surface area contributed by atoms with Crippen LogP contribution in [0.4, 0.5) is 0 Å². The van der Waals surface area contributed by atoms with E-state index in [4.69, 9.17) is 0 Å². The minimum atomic E-state index is 0.497. The lowest BCUT2D eigenvalue weighted by Crippen LogP contribution is -2.42. The summed E-state index contributed by atoms with van der Waals surface area (Å²) in [5.41, 5.74) is 2.39. The standard InChI is InChI=1S/C15H24N2Si/c1-12(2)13-8-7-9-14(10-13)18-11-15(16(3)4)17(5)6/h7-10,15H,1,11H2,2-6H3. The van der Waals surface area contributed by atoms with Crippen molar-refractivity contribution in [2.45, 2.75) is 19.1 Å². The predicted octanol–water partition coefficient (Wildman–Crippen LogP) is 1.92. The van der Waals surface area contributed by atoms with Crippen LogP contribution >= 0.6 is 0 Å². The van der Waals surface area contributed by atoms with E-state index in [-0.39, 0.29) is 0 Å². The van der Waals surface area contributed by atoms with Crippen LogP contribution < -0.4 is 5.19 Å². The first-order chi connectivity index (χ1) is 8.41. The highest BCUT2D eigenvalue weighted by molar-refractivity contribution is 6.53. The molecular formula is C15H24N2Si. The van der Waals surface area contributed by atoms with Crippen molar-refractivity contribution in [1.29, 1.82) is 0 Å². The summed E-state index contributed by atoms with van der Waals surface area (Å²) < 4.78 is 0. The Kier molecular flexibility index (Phi) is 5.79. The Morgan fingerprint density at radius 1 is 1.22 bits per heavy atom. The number of hydrogen-bond donors (Lipinski definition) is 0. The second kappa shape index (κ2) is 6.88. The number of benzene rings is 1. The number of allylic oxidation sites excluding steroid dienone is 1. The van der Waals surface area contributed by atoms with Gasteiger partial charge in [0.2, 0.25) is 0 Å². The number of rotatable bonds is 6. The SMILES string of the molecule is C=C(C)c1cccc([Si]CC(N(C)C)N(C)C)c1. The number of hydrogen-bond acceptors (Lipinski definition) is 2. The van der Waals surface area contributed by atoms with Crippen LogP contribution in [0.15, 0.2) is 30.8 Å². The molecule has 0 bridgehead atoms. The van der Waals surface area contributed by atoms with Gasteiger partial charge in [-0.05, 0) is 46.7 Å². The summed E-state index contributed by atoms with van der Waals surface area (Å²) in [7, 11) is 9.39. The topological polar surface area (TPSA) is 6.48 Å². The molecule has 2 nitrogen and oxygen atoms in total. The normalized spacial score (nSPS) is 11.6. The molecule has 0 aliphatic heterocycles. The smallest absolute Gasteiger partial charge is 0.0838 e. The molecule has 18 heavy (non-hydrogen) atoms. The molecule has 0 spiro atoms. The minimum Gasteiger partial charge on any atom is -0.294 e. The molecule has 0 aliphatic rings. The summed E-state index contributed by atoms with van der Waals surface area (Å²) in [5, 5.41) is 1.42. The first kappa shape index (κ1) is 15.2. The van der Waals surface area contributed by atoms with Gasteiger partial charge < -0.3 is 0 Å². The van der Waals surface area contributed by atoms with Crippen molar-refractivity contribution < 1.29 is 0 Å². The largest absolute Gasteiger partial charge is 0.294 e. The van der Waals surface area contributed by atoms with E-state index < -0.39 is 0 Å². The van der Waals surface area contributed by atoms with Crippen molar-refractivity contribution in [2.75, 3.05) is 28.2 Å². The molecule has 0 saturated carbocycles. The van der Waals surface area contributed by atoms with E-state index >= 15 is 0 Å². The van der Waals surface area contributed by atoms with E-state index in [0.717, 1.165) is 15.1 Å². The fourth-order valence-corrected chi connectivity index (χ4v) is 3.55. The van der Waals surface area contributed by atoms with Gasteiger partial charge in [0.15, 0.2) is 0 Å². The van der Waals surface area contributed by atoms with Gasteiger partial charge in [-0.25, -0.2) is 0 Å². The average molecular weight is 260 g/mol. The van der Waals surface area contributed by atoms with E-state index in [1.807, 2.05) is 0 Å². The molecule has 0 unspecified atom stereocenters. The van der Waals surface area contributed by atoms with Crippen LogP contribution in [0.25, 0.3) is 5.57 Å². The van der Waals surface area contributed by atoms with E-state index in [9.17, 15) is 0 Å². The highest BCUT2D eigenvalue weighted by Crippen LogP contribution is 2.09. The van der Waals surface area contributed by atoms with Gasteiger partial charge in [0.25, 0.3) is 0 Å². The summed E-state index contributed by atoms with van der Waals surface area (Å²) in [6.07, 6.45) is 0.497. The second-order valence-corrected chi connectivity index (χ2v) is 6.49.